The molecule has 0 heterocycles. The fourth-order valence-corrected chi connectivity index (χ4v) is 4.65. The van der Waals surface area contributed by atoms with E-state index in [1.54, 1.807) is 36.4 Å². The van der Waals surface area contributed by atoms with E-state index in [0.717, 1.165) is 14.5 Å². The van der Waals surface area contributed by atoms with E-state index in [0.29, 0.717) is 48.3 Å². The first-order valence-electron chi connectivity index (χ1n) is 12.2. The van der Waals surface area contributed by atoms with Crippen LogP contribution < -0.4 is 19.5 Å². The topological polar surface area (TPSA) is 80.6 Å². The van der Waals surface area contributed by atoms with Gasteiger partial charge in [0.25, 0.3) is 5.91 Å². The normalized spacial score (nSPS) is 11.1. The summed E-state index contributed by atoms with van der Waals surface area (Å²) < 4.78 is 18.3. The number of halogens is 1. The molecule has 0 bridgehead atoms. The second kappa shape index (κ2) is 13.0. The van der Waals surface area contributed by atoms with E-state index in [-0.39, 0.29) is 5.57 Å². The van der Waals surface area contributed by atoms with Gasteiger partial charge in [0, 0.05) is 5.69 Å². The van der Waals surface area contributed by atoms with Crippen molar-refractivity contribution in [3.8, 4) is 23.3 Å². The molecule has 7 heteroatoms. The van der Waals surface area contributed by atoms with Gasteiger partial charge in [-0.2, -0.15) is 5.26 Å². The molecule has 4 rings (SSSR count). The van der Waals surface area contributed by atoms with Crippen LogP contribution in [0, 0.1) is 14.9 Å². The summed E-state index contributed by atoms with van der Waals surface area (Å²) in [5.41, 5.74) is 2.25. The van der Waals surface area contributed by atoms with Crippen LogP contribution in [-0.2, 0) is 11.4 Å². The van der Waals surface area contributed by atoms with E-state index in [2.05, 4.69) is 58.2 Å². The molecular formula is C31H27IN2O4. The van der Waals surface area contributed by atoms with E-state index in [9.17, 15) is 10.1 Å². The van der Waals surface area contributed by atoms with Gasteiger partial charge in [-0.15, -0.1) is 0 Å². The smallest absolute Gasteiger partial charge is 0.266 e. The Bertz CT molecular complexity index is 1510. The highest BCUT2D eigenvalue weighted by Gasteiger charge is 2.15. The van der Waals surface area contributed by atoms with Crippen LogP contribution >= 0.6 is 22.6 Å². The molecule has 0 atom stereocenters. The van der Waals surface area contributed by atoms with Crippen molar-refractivity contribution in [3.05, 3.63) is 99.1 Å². The Labute approximate surface area is 236 Å². The molecule has 0 aliphatic carbocycles. The van der Waals surface area contributed by atoms with Gasteiger partial charge in [-0.3, -0.25) is 4.79 Å². The lowest BCUT2D eigenvalue weighted by Gasteiger charge is -2.15. The largest absolute Gasteiger partial charge is 0.494 e. The minimum absolute atomic E-state index is 0.0260. The average molecular weight is 618 g/mol. The zero-order valence-electron chi connectivity index (χ0n) is 21.2. The number of carbonyl (C=O) groups excluding carboxylic acids is 1. The van der Waals surface area contributed by atoms with Crippen molar-refractivity contribution in [3.63, 3.8) is 0 Å². The molecule has 4 aromatic rings. The first kappa shape index (κ1) is 27.0. The minimum atomic E-state index is -0.499. The first-order valence-corrected chi connectivity index (χ1v) is 13.3. The lowest BCUT2D eigenvalue weighted by atomic mass is 10.1. The lowest BCUT2D eigenvalue weighted by Crippen LogP contribution is -2.13. The Balaban J connectivity index is 1.53. The molecule has 1 amide bonds. The summed E-state index contributed by atoms with van der Waals surface area (Å²) in [4.78, 5) is 12.8. The van der Waals surface area contributed by atoms with E-state index in [4.69, 9.17) is 14.2 Å². The van der Waals surface area contributed by atoms with E-state index in [1.807, 2.05) is 38.1 Å². The van der Waals surface area contributed by atoms with Crippen LogP contribution in [0.1, 0.15) is 25.0 Å². The van der Waals surface area contributed by atoms with Gasteiger partial charge in [0.1, 0.15) is 24.0 Å². The average Bonchev–Trinajstić information content (AvgIpc) is 2.92. The number of carbonyl (C=O) groups is 1. The fourth-order valence-electron chi connectivity index (χ4n) is 3.87. The number of benzene rings is 4. The standard InChI is InChI=1S/C31H27IN2O4/c1-3-36-27-13-11-26(12-14-27)34-31(35)25(19-33)16-22-17-28(32)30(29(18-22)37-4-2)38-20-21-9-10-23-7-5-6-8-24(23)15-21/h5-18H,3-4,20H2,1-2H3,(H,34,35). The molecule has 38 heavy (non-hydrogen) atoms. The first-order chi connectivity index (χ1) is 18.5. The van der Waals surface area contributed by atoms with Crippen LogP contribution in [0.25, 0.3) is 16.8 Å². The number of rotatable bonds is 10. The predicted octanol–water partition coefficient (Wildman–Crippen LogP) is 7.37. The van der Waals surface area contributed by atoms with Crippen LogP contribution in [0.15, 0.2) is 84.4 Å². The molecule has 0 fully saturated rings. The molecule has 0 aromatic heterocycles. The molecule has 192 valence electrons. The fraction of sp³-hybridized carbons (Fsp3) is 0.161. The van der Waals surface area contributed by atoms with Gasteiger partial charge >= 0.3 is 0 Å². The van der Waals surface area contributed by atoms with Crippen molar-refractivity contribution in [1.82, 2.24) is 0 Å². The number of fused-ring (bicyclic) bond motifs is 1. The van der Waals surface area contributed by atoms with Gasteiger partial charge in [0.05, 0.1) is 16.8 Å². The Morgan fingerprint density at radius 1 is 0.921 bits per heavy atom. The zero-order valence-corrected chi connectivity index (χ0v) is 23.3. The second-order valence-electron chi connectivity index (χ2n) is 8.31. The monoisotopic (exact) mass is 618 g/mol. The summed E-state index contributed by atoms with van der Waals surface area (Å²) in [6, 6.07) is 27.1. The molecular weight excluding hydrogens is 591 g/mol. The molecule has 1 N–H and O–H groups in total. The maximum atomic E-state index is 12.8. The van der Waals surface area contributed by atoms with Gasteiger partial charge in [-0.1, -0.05) is 36.4 Å². The van der Waals surface area contributed by atoms with Crippen molar-refractivity contribution in [1.29, 1.82) is 5.26 Å². The third-order valence-electron chi connectivity index (χ3n) is 5.63. The van der Waals surface area contributed by atoms with Gasteiger partial charge in [-0.05, 0) is 107 Å². The van der Waals surface area contributed by atoms with E-state index in [1.165, 1.54) is 5.39 Å². The number of nitrogens with zero attached hydrogens (tertiary/aromatic N) is 1. The minimum Gasteiger partial charge on any atom is -0.494 e. The third-order valence-corrected chi connectivity index (χ3v) is 6.43. The van der Waals surface area contributed by atoms with Gasteiger partial charge in [-0.25, -0.2) is 0 Å². The molecule has 0 aliphatic rings. The molecule has 0 saturated carbocycles. The Morgan fingerprint density at radius 2 is 1.66 bits per heavy atom. The van der Waals surface area contributed by atoms with Crippen molar-refractivity contribution in [2.24, 2.45) is 0 Å². The molecule has 4 aromatic carbocycles. The van der Waals surface area contributed by atoms with Crippen LogP contribution in [-0.4, -0.2) is 19.1 Å². The summed E-state index contributed by atoms with van der Waals surface area (Å²) in [6.07, 6.45) is 1.54. The SMILES string of the molecule is CCOc1ccc(NC(=O)C(C#N)=Cc2cc(I)c(OCc3ccc4ccccc4c3)c(OCC)c2)cc1. The van der Waals surface area contributed by atoms with Crippen LogP contribution in [0.3, 0.4) is 0 Å². The Hall–Kier alpha value is -4.03. The number of nitrogens with one attached hydrogen (secondary N) is 1. The van der Waals surface area contributed by atoms with Gasteiger partial charge in [0.2, 0.25) is 0 Å². The molecule has 0 saturated heterocycles. The van der Waals surface area contributed by atoms with Crippen LogP contribution in [0.2, 0.25) is 0 Å². The summed E-state index contributed by atoms with van der Waals surface area (Å²) >= 11 is 2.18. The van der Waals surface area contributed by atoms with Crippen LogP contribution in [0.4, 0.5) is 5.69 Å². The van der Waals surface area contributed by atoms with Gasteiger partial charge < -0.3 is 19.5 Å². The highest BCUT2D eigenvalue weighted by molar-refractivity contribution is 14.1. The van der Waals surface area contributed by atoms with Crippen molar-refractivity contribution >= 4 is 51.0 Å². The number of anilines is 1. The van der Waals surface area contributed by atoms with E-state index >= 15 is 0 Å². The Kier molecular flexibility index (Phi) is 9.22. The van der Waals surface area contributed by atoms with Crippen molar-refractivity contribution < 1.29 is 19.0 Å². The second-order valence-corrected chi connectivity index (χ2v) is 9.48. The summed E-state index contributed by atoms with van der Waals surface area (Å²) in [5.74, 6) is 1.38. The maximum Gasteiger partial charge on any atom is 0.266 e. The number of amides is 1. The van der Waals surface area contributed by atoms with Crippen molar-refractivity contribution in [2.75, 3.05) is 18.5 Å². The number of hydrogen-bond acceptors (Lipinski definition) is 5. The number of hydrogen-bond donors (Lipinski definition) is 1. The summed E-state index contributed by atoms with van der Waals surface area (Å²) in [6.45, 7) is 5.18. The lowest BCUT2D eigenvalue weighted by molar-refractivity contribution is -0.112. The Morgan fingerprint density at radius 3 is 2.37 bits per heavy atom. The maximum absolute atomic E-state index is 12.8. The molecule has 0 spiro atoms. The summed E-state index contributed by atoms with van der Waals surface area (Å²) in [5, 5.41) is 14.8. The number of nitriles is 1. The highest BCUT2D eigenvalue weighted by Crippen LogP contribution is 2.36. The van der Waals surface area contributed by atoms with Crippen molar-refractivity contribution in [2.45, 2.75) is 20.5 Å². The molecule has 6 nitrogen and oxygen atoms in total. The number of ether oxygens (including phenoxy) is 3. The summed E-state index contributed by atoms with van der Waals surface area (Å²) in [7, 11) is 0. The molecule has 0 unspecified atom stereocenters. The zero-order chi connectivity index (χ0) is 26.9. The molecule has 0 aliphatic heterocycles. The quantitative estimate of drug-likeness (QED) is 0.114. The van der Waals surface area contributed by atoms with Gasteiger partial charge in [0.15, 0.2) is 11.5 Å². The van der Waals surface area contributed by atoms with E-state index < -0.39 is 5.91 Å². The highest BCUT2D eigenvalue weighted by atomic mass is 127. The van der Waals surface area contributed by atoms with Crippen LogP contribution in [0.5, 0.6) is 17.2 Å². The molecule has 0 radical (unpaired) electrons. The third kappa shape index (κ3) is 6.84. The predicted molar refractivity (Wildman–Crippen MR) is 158 cm³/mol.